The normalized spacial score (nSPS) is 11.9. The number of carboxylic acid groups (broad SMARTS) is 1. The summed E-state index contributed by atoms with van der Waals surface area (Å²) in [6, 6.07) is 5.35. The Morgan fingerprint density at radius 3 is 2.58 bits per heavy atom. The van der Waals surface area contributed by atoms with Crippen LogP contribution in [0.5, 0.6) is 0 Å². The molecule has 19 heavy (non-hydrogen) atoms. The predicted molar refractivity (Wildman–Crippen MR) is 76.5 cm³/mol. The standard InChI is InChI=1S/C14H19NO3S/c1-9-4-5-12(8-10(9)2)19-7-6-13(16)15-11(3)14(17)18/h4-5,8,11H,6-7H2,1-3H3,(H,15,16)(H,17,18). The molecule has 0 saturated carbocycles. The van der Waals surface area contributed by atoms with Gasteiger partial charge in [0.2, 0.25) is 5.91 Å². The number of hydrogen-bond acceptors (Lipinski definition) is 3. The molecule has 1 aromatic rings. The number of aliphatic carboxylic acids is 1. The summed E-state index contributed by atoms with van der Waals surface area (Å²) < 4.78 is 0. The molecule has 1 aromatic carbocycles. The second-order valence-electron chi connectivity index (χ2n) is 4.47. The average molecular weight is 281 g/mol. The Balaban J connectivity index is 2.35. The van der Waals surface area contributed by atoms with Crippen LogP contribution in [0.15, 0.2) is 23.1 Å². The van der Waals surface area contributed by atoms with Gasteiger partial charge in [-0.25, -0.2) is 0 Å². The highest BCUT2D eigenvalue weighted by Crippen LogP contribution is 2.21. The number of aryl methyl sites for hydroxylation is 2. The molecule has 5 heteroatoms. The number of carbonyl (C=O) groups excluding carboxylic acids is 1. The molecule has 0 heterocycles. The van der Waals surface area contributed by atoms with Crippen LogP contribution < -0.4 is 5.32 Å². The molecule has 1 rings (SSSR count). The predicted octanol–water partition coefficient (Wildman–Crippen LogP) is 2.37. The SMILES string of the molecule is Cc1ccc(SCCC(=O)NC(C)C(=O)O)cc1C. The summed E-state index contributed by atoms with van der Waals surface area (Å²) in [4.78, 5) is 23.2. The van der Waals surface area contributed by atoms with E-state index in [0.717, 1.165) is 4.90 Å². The first-order valence-electron chi connectivity index (χ1n) is 6.12. The molecule has 1 unspecified atom stereocenters. The Hall–Kier alpha value is -1.49. The van der Waals surface area contributed by atoms with Gasteiger partial charge < -0.3 is 10.4 Å². The van der Waals surface area contributed by atoms with E-state index >= 15 is 0 Å². The number of thioether (sulfide) groups is 1. The van der Waals surface area contributed by atoms with Crippen molar-refractivity contribution >= 4 is 23.6 Å². The average Bonchev–Trinajstić information content (AvgIpc) is 2.33. The van der Waals surface area contributed by atoms with E-state index in [1.807, 2.05) is 6.07 Å². The molecule has 0 aromatic heterocycles. The van der Waals surface area contributed by atoms with Gasteiger partial charge in [0.05, 0.1) is 0 Å². The third-order valence-electron chi connectivity index (χ3n) is 2.82. The quantitative estimate of drug-likeness (QED) is 0.786. The molecular formula is C14H19NO3S. The van der Waals surface area contributed by atoms with Gasteiger partial charge in [0.25, 0.3) is 0 Å². The Kier molecular flexibility index (Phi) is 5.89. The zero-order valence-corrected chi connectivity index (χ0v) is 12.2. The third kappa shape index (κ3) is 5.34. The first kappa shape index (κ1) is 15.6. The number of benzene rings is 1. The van der Waals surface area contributed by atoms with E-state index in [2.05, 4.69) is 31.3 Å². The monoisotopic (exact) mass is 281 g/mol. The first-order chi connectivity index (χ1) is 8.90. The summed E-state index contributed by atoms with van der Waals surface area (Å²) in [5.74, 6) is -0.609. The van der Waals surface area contributed by atoms with Crippen molar-refractivity contribution < 1.29 is 14.7 Å². The minimum absolute atomic E-state index is 0.230. The second-order valence-corrected chi connectivity index (χ2v) is 5.64. The molecule has 104 valence electrons. The van der Waals surface area contributed by atoms with E-state index < -0.39 is 12.0 Å². The second kappa shape index (κ2) is 7.19. The van der Waals surface area contributed by atoms with E-state index in [-0.39, 0.29) is 5.91 Å². The van der Waals surface area contributed by atoms with Gasteiger partial charge in [-0.15, -0.1) is 11.8 Å². The lowest BCUT2D eigenvalue weighted by Gasteiger charge is -2.09. The Morgan fingerprint density at radius 2 is 2.00 bits per heavy atom. The molecule has 0 bridgehead atoms. The number of rotatable bonds is 6. The lowest BCUT2D eigenvalue weighted by atomic mass is 10.1. The van der Waals surface area contributed by atoms with Crippen LogP contribution in [0.25, 0.3) is 0 Å². The van der Waals surface area contributed by atoms with Crippen LogP contribution in [0.4, 0.5) is 0 Å². The smallest absolute Gasteiger partial charge is 0.325 e. The van der Waals surface area contributed by atoms with Gasteiger partial charge in [0.15, 0.2) is 0 Å². The fourth-order valence-corrected chi connectivity index (χ4v) is 2.39. The van der Waals surface area contributed by atoms with Crippen molar-refractivity contribution in [1.29, 1.82) is 0 Å². The largest absolute Gasteiger partial charge is 0.480 e. The minimum atomic E-state index is -1.02. The van der Waals surface area contributed by atoms with Gasteiger partial charge in [0, 0.05) is 17.1 Å². The van der Waals surface area contributed by atoms with E-state index in [9.17, 15) is 9.59 Å². The molecule has 2 N–H and O–H groups in total. The van der Waals surface area contributed by atoms with E-state index in [1.54, 1.807) is 11.8 Å². The highest BCUT2D eigenvalue weighted by Gasteiger charge is 2.13. The summed E-state index contributed by atoms with van der Waals surface area (Å²) in [7, 11) is 0. The molecule has 0 radical (unpaired) electrons. The van der Waals surface area contributed by atoms with E-state index in [0.29, 0.717) is 12.2 Å². The van der Waals surface area contributed by atoms with Gasteiger partial charge in [-0.2, -0.15) is 0 Å². The third-order valence-corrected chi connectivity index (χ3v) is 3.82. The molecule has 0 spiro atoms. The molecule has 0 aliphatic heterocycles. The summed E-state index contributed by atoms with van der Waals surface area (Å²) in [5.41, 5.74) is 2.48. The molecule has 0 saturated heterocycles. The Bertz CT molecular complexity index is 474. The van der Waals surface area contributed by atoms with Gasteiger partial charge in [0.1, 0.15) is 6.04 Å². The van der Waals surface area contributed by atoms with Gasteiger partial charge in [-0.05, 0) is 44.0 Å². The fraction of sp³-hybridized carbons (Fsp3) is 0.429. The number of carbonyl (C=O) groups is 2. The number of carboxylic acids is 1. The Labute approximate surface area is 117 Å². The zero-order chi connectivity index (χ0) is 14.4. The number of nitrogens with one attached hydrogen (secondary N) is 1. The van der Waals surface area contributed by atoms with Crippen molar-refractivity contribution in [3.8, 4) is 0 Å². The molecule has 0 fully saturated rings. The molecule has 0 aliphatic carbocycles. The van der Waals surface area contributed by atoms with Crippen LogP contribution in [0.3, 0.4) is 0 Å². The lowest BCUT2D eigenvalue weighted by molar-refractivity contribution is -0.141. The summed E-state index contributed by atoms with van der Waals surface area (Å²) in [5, 5.41) is 11.1. The lowest BCUT2D eigenvalue weighted by Crippen LogP contribution is -2.38. The van der Waals surface area contributed by atoms with Crippen molar-refractivity contribution in [2.45, 2.75) is 38.1 Å². The topological polar surface area (TPSA) is 66.4 Å². The maximum atomic E-state index is 11.5. The maximum absolute atomic E-state index is 11.5. The summed E-state index contributed by atoms with van der Waals surface area (Å²) in [6.45, 7) is 5.57. The van der Waals surface area contributed by atoms with Gasteiger partial charge >= 0.3 is 5.97 Å². The van der Waals surface area contributed by atoms with Crippen LogP contribution in [-0.4, -0.2) is 28.8 Å². The van der Waals surface area contributed by atoms with Crippen LogP contribution in [0.2, 0.25) is 0 Å². The highest BCUT2D eigenvalue weighted by molar-refractivity contribution is 7.99. The molecule has 4 nitrogen and oxygen atoms in total. The van der Waals surface area contributed by atoms with Crippen LogP contribution >= 0.6 is 11.8 Å². The fourth-order valence-electron chi connectivity index (χ4n) is 1.44. The van der Waals surface area contributed by atoms with Gasteiger partial charge in [-0.3, -0.25) is 9.59 Å². The van der Waals surface area contributed by atoms with Gasteiger partial charge in [-0.1, -0.05) is 6.07 Å². The van der Waals surface area contributed by atoms with E-state index in [4.69, 9.17) is 5.11 Å². The maximum Gasteiger partial charge on any atom is 0.325 e. The summed E-state index contributed by atoms with van der Waals surface area (Å²) in [6.07, 6.45) is 0.315. The highest BCUT2D eigenvalue weighted by atomic mass is 32.2. The first-order valence-corrected chi connectivity index (χ1v) is 7.11. The van der Waals surface area contributed by atoms with Crippen LogP contribution in [0.1, 0.15) is 24.5 Å². The van der Waals surface area contributed by atoms with Crippen molar-refractivity contribution in [3.05, 3.63) is 29.3 Å². The van der Waals surface area contributed by atoms with Crippen molar-refractivity contribution in [3.63, 3.8) is 0 Å². The zero-order valence-electron chi connectivity index (χ0n) is 11.4. The van der Waals surface area contributed by atoms with Crippen molar-refractivity contribution in [2.24, 2.45) is 0 Å². The van der Waals surface area contributed by atoms with Crippen LogP contribution in [-0.2, 0) is 9.59 Å². The summed E-state index contributed by atoms with van der Waals surface area (Å²) >= 11 is 1.60. The minimum Gasteiger partial charge on any atom is -0.480 e. The Morgan fingerprint density at radius 1 is 1.32 bits per heavy atom. The molecule has 1 amide bonds. The van der Waals surface area contributed by atoms with E-state index in [1.165, 1.54) is 18.1 Å². The molecule has 0 aliphatic rings. The molecular weight excluding hydrogens is 262 g/mol. The molecule has 1 atom stereocenters. The van der Waals surface area contributed by atoms with Crippen molar-refractivity contribution in [1.82, 2.24) is 5.32 Å². The number of hydrogen-bond donors (Lipinski definition) is 2. The van der Waals surface area contributed by atoms with Crippen LogP contribution in [0, 0.1) is 13.8 Å². The van der Waals surface area contributed by atoms with Crippen molar-refractivity contribution in [2.75, 3.05) is 5.75 Å². The number of amides is 1.